The van der Waals surface area contributed by atoms with Gasteiger partial charge in [-0.1, -0.05) is 46.3 Å². The molecule has 1 saturated heterocycles. The van der Waals surface area contributed by atoms with Gasteiger partial charge in [0.2, 0.25) is 0 Å². The number of halogens is 1. The van der Waals surface area contributed by atoms with Crippen LogP contribution in [0.3, 0.4) is 0 Å². The van der Waals surface area contributed by atoms with Gasteiger partial charge in [-0.15, -0.1) is 0 Å². The summed E-state index contributed by atoms with van der Waals surface area (Å²) < 4.78 is 5.85. The molecule has 0 radical (unpaired) electrons. The molecule has 0 bridgehead atoms. The fraction of sp³-hybridized carbons (Fsp3) is 0.625. The maximum absolute atomic E-state index is 5.85. The summed E-state index contributed by atoms with van der Waals surface area (Å²) in [7, 11) is 0. The molecule has 0 amide bonds. The van der Waals surface area contributed by atoms with E-state index < -0.39 is 0 Å². The second-order valence-electron chi connectivity index (χ2n) is 5.43. The predicted octanol–water partition coefficient (Wildman–Crippen LogP) is 3.49. The number of morpholine rings is 1. The van der Waals surface area contributed by atoms with Crippen LogP contribution in [0.25, 0.3) is 0 Å². The molecule has 2 atom stereocenters. The number of hydrogen-bond acceptors (Lipinski definition) is 2. The van der Waals surface area contributed by atoms with Crippen LogP contribution in [0.2, 0.25) is 0 Å². The molecule has 0 spiro atoms. The highest BCUT2D eigenvalue weighted by molar-refractivity contribution is 9.09. The Morgan fingerprint density at radius 1 is 1.21 bits per heavy atom. The van der Waals surface area contributed by atoms with E-state index in [1.807, 2.05) is 0 Å². The number of hydrogen-bond donors (Lipinski definition) is 0. The molecule has 0 N–H and O–H groups in total. The Hall–Kier alpha value is -0.380. The van der Waals surface area contributed by atoms with Crippen molar-refractivity contribution in [3.8, 4) is 0 Å². The van der Waals surface area contributed by atoms with Gasteiger partial charge in [0, 0.05) is 18.4 Å². The zero-order valence-electron chi connectivity index (χ0n) is 11.7. The summed E-state index contributed by atoms with van der Waals surface area (Å²) in [4.78, 5) is 2.55. The van der Waals surface area contributed by atoms with Gasteiger partial charge in [-0.2, -0.15) is 0 Å². The third-order valence-corrected chi connectivity index (χ3v) is 4.33. The van der Waals surface area contributed by atoms with E-state index in [1.165, 1.54) is 31.4 Å². The van der Waals surface area contributed by atoms with Gasteiger partial charge in [-0.25, -0.2) is 0 Å². The van der Waals surface area contributed by atoms with E-state index in [9.17, 15) is 0 Å². The molecule has 2 unspecified atom stereocenters. The number of alkyl halides is 1. The Bertz CT molecular complexity index is 357. The lowest BCUT2D eigenvalue weighted by atomic mass is 10.1. The van der Waals surface area contributed by atoms with E-state index in [0.717, 1.165) is 18.4 Å². The molecule has 0 aliphatic carbocycles. The average molecular weight is 326 g/mol. The van der Waals surface area contributed by atoms with Crippen molar-refractivity contribution in [3.63, 3.8) is 0 Å². The summed E-state index contributed by atoms with van der Waals surface area (Å²) in [5, 5.41) is 0.942. The summed E-state index contributed by atoms with van der Waals surface area (Å²) in [5.41, 5.74) is 1.45. The van der Waals surface area contributed by atoms with Crippen LogP contribution in [0, 0.1) is 0 Å². The minimum atomic E-state index is 0.359. The van der Waals surface area contributed by atoms with Crippen molar-refractivity contribution < 1.29 is 4.74 Å². The molecule has 1 aromatic carbocycles. The molecular formula is C16H24BrNO. The summed E-state index contributed by atoms with van der Waals surface area (Å²) in [5.74, 6) is 0. The fourth-order valence-corrected chi connectivity index (χ4v) is 3.08. The molecular weight excluding hydrogens is 302 g/mol. The molecule has 3 heteroatoms. The zero-order valence-corrected chi connectivity index (χ0v) is 13.3. The van der Waals surface area contributed by atoms with Gasteiger partial charge in [0.1, 0.15) is 0 Å². The van der Waals surface area contributed by atoms with E-state index in [4.69, 9.17) is 4.74 Å². The standard InChI is InChI=1S/C16H24BrNO/c1-14-12-18(13-16(11-17)19-14)10-6-5-9-15-7-3-2-4-8-15/h2-4,7-8,14,16H,5-6,9-13H2,1H3. The van der Waals surface area contributed by atoms with Crippen molar-refractivity contribution in [1.29, 1.82) is 0 Å². The Kier molecular flexibility index (Phi) is 6.35. The molecule has 2 nitrogen and oxygen atoms in total. The maximum Gasteiger partial charge on any atom is 0.0802 e. The molecule has 1 aliphatic rings. The fourth-order valence-electron chi connectivity index (χ4n) is 2.72. The first-order valence-corrected chi connectivity index (χ1v) is 8.38. The van der Waals surface area contributed by atoms with Crippen molar-refractivity contribution >= 4 is 15.9 Å². The molecule has 1 aliphatic heterocycles. The summed E-state index contributed by atoms with van der Waals surface area (Å²) in [6.45, 7) is 5.52. The highest BCUT2D eigenvalue weighted by Gasteiger charge is 2.23. The number of nitrogens with zero attached hydrogens (tertiary/aromatic N) is 1. The number of rotatable bonds is 6. The van der Waals surface area contributed by atoms with Gasteiger partial charge in [0.25, 0.3) is 0 Å². The van der Waals surface area contributed by atoms with E-state index in [-0.39, 0.29) is 0 Å². The van der Waals surface area contributed by atoms with Crippen molar-refractivity contribution in [1.82, 2.24) is 4.90 Å². The minimum Gasteiger partial charge on any atom is -0.372 e. The van der Waals surface area contributed by atoms with Crippen molar-refractivity contribution in [2.45, 2.75) is 38.4 Å². The van der Waals surface area contributed by atoms with E-state index in [0.29, 0.717) is 12.2 Å². The molecule has 1 aromatic rings. The summed E-state index contributed by atoms with van der Waals surface area (Å²) >= 11 is 3.53. The molecule has 106 valence electrons. The van der Waals surface area contributed by atoms with E-state index in [1.54, 1.807) is 0 Å². The topological polar surface area (TPSA) is 12.5 Å². The summed E-state index contributed by atoms with van der Waals surface area (Å²) in [6.07, 6.45) is 4.47. The van der Waals surface area contributed by atoms with Gasteiger partial charge in [0.15, 0.2) is 0 Å². The molecule has 2 rings (SSSR count). The van der Waals surface area contributed by atoms with E-state index >= 15 is 0 Å². The molecule has 1 heterocycles. The van der Waals surface area contributed by atoms with Crippen LogP contribution >= 0.6 is 15.9 Å². The quantitative estimate of drug-likeness (QED) is 0.586. The lowest BCUT2D eigenvalue weighted by Gasteiger charge is -2.36. The van der Waals surface area contributed by atoms with Crippen molar-refractivity contribution in [2.75, 3.05) is 25.0 Å². The number of ether oxygens (including phenoxy) is 1. The molecule has 1 fully saturated rings. The summed E-state index contributed by atoms with van der Waals surface area (Å²) in [6, 6.07) is 10.8. The monoisotopic (exact) mass is 325 g/mol. The van der Waals surface area contributed by atoms with Crippen LogP contribution in [0.15, 0.2) is 30.3 Å². The number of benzene rings is 1. The lowest BCUT2D eigenvalue weighted by molar-refractivity contribution is -0.0654. The predicted molar refractivity (Wildman–Crippen MR) is 83.9 cm³/mol. The highest BCUT2D eigenvalue weighted by Crippen LogP contribution is 2.14. The van der Waals surface area contributed by atoms with Crippen LogP contribution in [-0.2, 0) is 11.2 Å². The second kappa shape index (κ2) is 8.03. The van der Waals surface area contributed by atoms with Crippen LogP contribution in [0.5, 0.6) is 0 Å². The largest absolute Gasteiger partial charge is 0.372 e. The van der Waals surface area contributed by atoms with Gasteiger partial charge >= 0.3 is 0 Å². The highest BCUT2D eigenvalue weighted by atomic mass is 79.9. The van der Waals surface area contributed by atoms with Gasteiger partial charge < -0.3 is 4.74 Å². The third kappa shape index (κ3) is 5.25. The van der Waals surface area contributed by atoms with E-state index in [2.05, 4.69) is 58.1 Å². The normalized spacial score (nSPS) is 24.5. The van der Waals surface area contributed by atoms with Crippen LogP contribution in [-0.4, -0.2) is 42.1 Å². The smallest absolute Gasteiger partial charge is 0.0802 e. The second-order valence-corrected chi connectivity index (χ2v) is 6.07. The van der Waals surface area contributed by atoms with Crippen molar-refractivity contribution in [3.05, 3.63) is 35.9 Å². The third-order valence-electron chi connectivity index (χ3n) is 3.61. The van der Waals surface area contributed by atoms with Crippen LogP contribution in [0.1, 0.15) is 25.3 Å². The van der Waals surface area contributed by atoms with Gasteiger partial charge in [-0.05, 0) is 38.3 Å². The van der Waals surface area contributed by atoms with Crippen LogP contribution in [0.4, 0.5) is 0 Å². The Labute approximate surface area is 125 Å². The first-order valence-electron chi connectivity index (χ1n) is 7.25. The number of unbranched alkanes of at least 4 members (excludes halogenated alkanes) is 1. The average Bonchev–Trinajstić information content (AvgIpc) is 2.44. The zero-order chi connectivity index (χ0) is 13.5. The van der Waals surface area contributed by atoms with Crippen LogP contribution < -0.4 is 0 Å². The maximum atomic E-state index is 5.85. The Balaban J connectivity index is 1.65. The Morgan fingerprint density at radius 3 is 2.74 bits per heavy atom. The molecule has 19 heavy (non-hydrogen) atoms. The lowest BCUT2D eigenvalue weighted by Crippen LogP contribution is -2.47. The first kappa shape index (κ1) is 15.0. The molecule has 0 aromatic heterocycles. The van der Waals surface area contributed by atoms with Gasteiger partial charge in [-0.3, -0.25) is 4.90 Å². The van der Waals surface area contributed by atoms with Gasteiger partial charge in [0.05, 0.1) is 12.2 Å². The Morgan fingerprint density at radius 2 is 2.00 bits per heavy atom. The minimum absolute atomic E-state index is 0.359. The first-order chi connectivity index (χ1) is 9.28. The molecule has 0 saturated carbocycles. The van der Waals surface area contributed by atoms with Crippen molar-refractivity contribution in [2.24, 2.45) is 0 Å². The number of aryl methyl sites for hydroxylation is 1. The SMILES string of the molecule is CC1CN(CCCCc2ccccc2)CC(CBr)O1.